The zero-order chi connectivity index (χ0) is 17.1. The third-order valence-corrected chi connectivity index (χ3v) is 4.60. The van der Waals surface area contributed by atoms with Crippen molar-refractivity contribution in [2.24, 2.45) is 5.92 Å². The molecular formula is C19H25N3O2. The first-order valence-electron chi connectivity index (χ1n) is 8.56. The third-order valence-electron chi connectivity index (χ3n) is 4.60. The summed E-state index contributed by atoms with van der Waals surface area (Å²) in [4.78, 5) is 16.7. The van der Waals surface area contributed by atoms with E-state index in [4.69, 9.17) is 4.52 Å². The maximum atomic E-state index is 12.5. The van der Waals surface area contributed by atoms with Crippen LogP contribution in [0.4, 0.5) is 5.69 Å². The second kappa shape index (κ2) is 7.07. The van der Waals surface area contributed by atoms with Crippen molar-refractivity contribution in [3.05, 3.63) is 47.9 Å². The Morgan fingerprint density at radius 1 is 1.38 bits per heavy atom. The molecule has 1 aliphatic heterocycles. The summed E-state index contributed by atoms with van der Waals surface area (Å²) < 4.78 is 5.24. The van der Waals surface area contributed by atoms with Gasteiger partial charge in [-0.15, -0.1) is 0 Å². The van der Waals surface area contributed by atoms with Crippen LogP contribution in [0.25, 0.3) is 0 Å². The molecule has 1 atom stereocenters. The Morgan fingerprint density at radius 3 is 2.79 bits per heavy atom. The van der Waals surface area contributed by atoms with Gasteiger partial charge in [-0.2, -0.15) is 0 Å². The van der Waals surface area contributed by atoms with Crippen molar-refractivity contribution < 1.29 is 9.32 Å². The maximum Gasteiger partial charge on any atom is 0.275 e. The van der Waals surface area contributed by atoms with Gasteiger partial charge in [-0.3, -0.25) is 4.79 Å². The fraction of sp³-hybridized carbons (Fsp3) is 0.474. The second-order valence-corrected chi connectivity index (χ2v) is 6.89. The van der Waals surface area contributed by atoms with Crippen LogP contribution in [0.5, 0.6) is 0 Å². The molecule has 0 bridgehead atoms. The molecule has 2 aromatic rings. The van der Waals surface area contributed by atoms with Crippen LogP contribution < -0.4 is 4.90 Å². The fourth-order valence-corrected chi connectivity index (χ4v) is 3.18. The average molecular weight is 327 g/mol. The number of amides is 1. The zero-order valence-electron chi connectivity index (χ0n) is 14.6. The summed E-state index contributed by atoms with van der Waals surface area (Å²) in [6.07, 6.45) is 1.10. The number of hydrogen-bond donors (Lipinski definition) is 0. The highest BCUT2D eigenvalue weighted by Crippen LogP contribution is 2.24. The molecule has 0 N–H and O–H groups in total. The molecule has 2 heterocycles. The Morgan fingerprint density at radius 2 is 2.12 bits per heavy atom. The van der Waals surface area contributed by atoms with Crippen LogP contribution in [0.3, 0.4) is 0 Å². The van der Waals surface area contributed by atoms with E-state index in [1.165, 1.54) is 5.69 Å². The lowest BCUT2D eigenvalue weighted by molar-refractivity contribution is 0.0766. The van der Waals surface area contributed by atoms with Gasteiger partial charge in [0.2, 0.25) is 0 Å². The van der Waals surface area contributed by atoms with Gasteiger partial charge in [0, 0.05) is 44.4 Å². The van der Waals surface area contributed by atoms with E-state index in [2.05, 4.69) is 34.3 Å². The number of nitrogens with zero attached hydrogens (tertiary/aromatic N) is 3. The number of anilines is 1. The van der Waals surface area contributed by atoms with Gasteiger partial charge >= 0.3 is 0 Å². The number of rotatable bonds is 5. The summed E-state index contributed by atoms with van der Waals surface area (Å²) in [5.41, 5.74) is 1.66. The molecule has 5 heteroatoms. The van der Waals surface area contributed by atoms with Crippen molar-refractivity contribution in [3.8, 4) is 0 Å². The Balaban J connectivity index is 1.57. The predicted octanol–water partition coefficient (Wildman–Crippen LogP) is 3.40. The molecule has 1 fully saturated rings. The summed E-state index contributed by atoms with van der Waals surface area (Å²) >= 11 is 0. The number of hydrogen-bond acceptors (Lipinski definition) is 4. The summed E-state index contributed by atoms with van der Waals surface area (Å²) in [7, 11) is 1.84. The van der Waals surface area contributed by atoms with Gasteiger partial charge in [-0.1, -0.05) is 37.2 Å². The predicted molar refractivity (Wildman–Crippen MR) is 94.3 cm³/mol. The molecule has 1 amide bonds. The Bertz CT molecular complexity index is 681. The van der Waals surface area contributed by atoms with Crippen LogP contribution in [0.1, 0.15) is 42.4 Å². The number of carbonyl (C=O) groups is 1. The number of carbonyl (C=O) groups excluding carboxylic acids is 1. The van der Waals surface area contributed by atoms with Crippen LogP contribution in [-0.4, -0.2) is 42.6 Å². The molecule has 0 aliphatic carbocycles. The summed E-state index contributed by atoms with van der Waals surface area (Å²) in [5, 5.41) is 3.92. The van der Waals surface area contributed by atoms with Crippen molar-refractivity contribution in [1.29, 1.82) is 0 Å². The first-order valence-corrected chi connectivity index (χ1v) is 8.56. The first-order chi connectivity index (χ1) is 11.5. The van der Waals surface area contributed by atoms with Gasteiger partial charge in [0.25, 0.3) is 5.91 Å². The van der Waals surface area contributed by atoms with Gasteiger partial charge in [0.1, 0.15) is 5.76 Å². The normalized spacial score (nSPS) is 17.5. The summed E-state index contributed by atoms with van der Waals surface area (Å²) in [6.45, 7) is 6.81. The van der Waals surface area contributed by atoms with Crippen molar-refractivity contribution >= 4 is 11.6 Å². The van der Waals surface area contributed by atoms with Gasteiger partial charge in [0.15, 0.2) is 5.69 Å². The molecule has 1 aliphatic rings. The molecule has 0 saturated carbocycles. The van der Waals surface area contributed by atoms with Gasteiger partial charge in [-0.25, -0.2) is 0 Å². The van der Waals surface area contributed by atoms with Crippen LogP contribution in [0, 0.1) is 5.92 Å². The summed E-state index contributed by atoms with van der Waals surface area (Å²) in [5.74, 6) is 1.40. The zero-order valence-corrected chi connectivity index (χ0v) is 14.6. The highest BCUT2D eigenvalue weighted by atomic mass is 16.5. The highest BCUT2D eigenvalue weighted by Gasteiger charge is 2.26. The van der Waals surface area contributed by atoms with E-state index in [1.807, 2.05) is 27.0 Å². The third kappa shape index (κ3) is 3.61. The molecule has 3 rings (SSSR count). The minimum atomic E-state index is -0.0659. The number of aromatic nitrogens is 1. The molecule has 1 aromatic carbocycles. The average Bonchev–Trinajstić information content (AvgIpc) is 3.24. The minimum Gasteiger partial charge on any atom is -0.371 e. The molecule has 0 unspecified atom stereocenters. The van der Waals surface area contributed by atoms with Gasteiger partial charge < -0.3 is 14.3 Å². The van der Waals surface area contributed by atoms with Crippen molar-refractivity contribution in [1.82, 2.24) is 10.1 Å². The van der Waals surface area contributed by atoms with Crippen LogP contribution in [-0.2, 0) is 0 Å². The largest absolute Gasteiger partial charge is 0.371 e. The fourth-order valence-electron chi connectivity index (χ4n) is 3.18. The van der Waals surface area contributed by atoms with E-state index in [9.17, 15) is 4.79 Å². The van der Waals surface area contributed by atoms with E-state index in [-0.39, 0.29) is 11.8 Å². The monoisotopic (exact) mass is 327 g/mol. The summed E-state index contributed by atoms with van der Waals surface area (Å²) in [6, 6.07) is 12.2. The van der Waals surface area contributed by atoms with Crippen molar-refractivity contribution in [2.45, 2.75) is 26.2 Å². The Kier molecular flexibility index (Phi) is 4.88. The molecule has 5 nitrogen and oxygen atoms in total. The smallest absolute Gasteiger partial charge is 0.275 e. The van der Waals surface area contributed by atoms with Gasteiger partial charge in [0.05, 0.1) is 0 Å². The Labute approximate surface area is 143 Å². The first kappa shape index (κ1) is 16.6. The van der Waals surface area contributed by atoms with E-state index < -0.39 is 0 Å². The van der Waals surface area contributed by atoms with Crippen molar-refractivity contribution in [2.75, 3.05) is 31.6 Å². The highest BCUT2D eigenvalue weighted by molar-refractivity contribution is 5.92. The van der Waals surface area contributed by atoms with Crippen LogP contribution in [0.15, 0.2) is 40.9 Å². The SMILES string of the molecule is CC(C)c1cc(C(=O)N(C)C[C@@H]2CCN(c3ccccc3)C2)no1. The van der Waals surface area contributed by atoms with Crippen LogP contribution in [0.2, 0.25) is 0 Å². The van der Waals surface area contributed by atoms with E-state index in [1.54, 1.807) is 11.0 Å². The lowest BCUT2D eigenvalue weighted by Gasteiger charge is -2.22. The molecule has 128 valence electrons. The van der Waals surface area contributed by atoms with Crippen LogP contribution >= 0.6 is 0 Å². The Hall–Kier alpha value is -2.30. The van der Waals surface area contributed by atoms with E-state index in [0.29, 0.717) is 11.6 Å². The molecule has 0 spiro atoms. The lowest BCUT2D eigenvalue weighted by atomic mass is 10.1. The standard InChI is InChI=1S/C19H25N3O2/c1-14(2)18-11-17(20-24-18)19(23)21(3)12-15-9-10-22(13-15)16-7-5-4-6-8-16/h4-8,11,14-15H,9-10,12-13H2,1-3H3/t15-/m0/s1. The second-order valence-electron chi connectivity index (χ2n) is 6.89. The molecule has 0 radical (unpaired) electrons. The number of benzene rings is 1. The quantitative estimate of drug-likeness (QED) is 0.844. The maximum absolute atomic E-state index is 12.5. The topological polar surface area (TPSA) is 49.6 Å². The number of para-hydroxylation sites is 1. The van der Waals surface area contributed by atoms with E-state index in [0.717, 1.165) is 31.8 Å². The molecule has 1 saturated heterocycles. The molecule has 24 heavy (non-hydrogen) atoms. The van der Waals surface area contributed by atoms with Gasteiger partial charge in [-0.05, 0) is 24.5 Å². The molecule has 1 aromatic heterocycles. The van der Waals surface area contributed by atoms with Crippen molar-refractivity contribution in [3.63, 3.8) is 0 Å². The molecular weight excluding hydrogens is 302 g/mol. The lowest BCUT2D eigenvalue weighted by Crippen LogP contribution is -2.33. The van der Waals surface area contributed by atoms with E-state index >= 15 is 0 Å². The minimum absolute atomic E-state index is 0.0659.